The molecular weight excluding hydrogens is 370 g/mol. The number of carbonyl (C=O) groups excluding carboxylic acids is 3. The van der Waals surface area contributed by atoms with Gasteiger partial charge in [0.05, 0.1) is 11.5 Å². The minimum absolute atomic E-state index is 0.0366. The molecule has 2 atom stereocenters. The summed E-state index contributed by atoms with van der Waals surface area (Å²) in [7, 11) is -3.06. The first-order valence-corrected chi connectivity index (χ1v) is 10.8. The van der Waals surface area contributed by atoms with E-state index in [1.54, 1.807) is 0 Å². The molecular formula is C18H23N3O5S. The lowest BCUT2D eigenvalue weighted by Gasteiger charge is -2.14. The fourth-order valence-corrected chi connectivity index (χ4v) is 5.03. The largest absolute Gasteiger partial charge is 0.352 e. The summed E-state index contributed by atoms with van der Waals surface area (Å²) in [6, 6.07) is 8.05. The quantitative estimate of drug-likeness (QED) is 0.644. The van der Waals surface area contributed by atoms with Gasteiger partial charge < -0.3 is 10.6 Å². The Balaban J connectivity index is 1.45. The molecule has 2 saturated heterocycles. The Morgan fingerprint density at radius 1 is 1.22 bits per heavy atom. The van der Waals surface area contributed by atoms with Crippen LogP contribution < -0.4 is 10.6 Å². The molecule has 0 aromatic heterocycles. The summed E-state index contributed by atoms with van der Waals surface area (Å²) in [5.41, 5.74) is 1.03. The maximum absolute atomic E-state index is 12.4. The molecule has 1 aromatic rings. The Hall–Kier alpha value is -2.42. The zero-order chi connectivity index (χ0) is 19.4. The van der Waals surface area contributed by atoms with Gasteiger partial charge in [-0.15, -0.1) is 0 Å². The van der Waals surface area contributed by atoms with Crippen molar-refractivity contribution >= 4 is 27.7 Å². The van der Waals surface area contributed by atoms with Crippen LogP contribution in [0.2, 0.25) is 0 Å². The molecule has 3 rings (SSSR count). The Morgan fingerprint density at radius 3 is 2.63 bits per heavy atom. The number of nitrogens with one attached hydrogen (secondary N) is 2. The number of rotatable bonds is 7. The number of hydrogen-bond acceptors (Lipinski definition) is 5. The number of nitrogens with zero attached hydrogens (tertiary/aromatic N) is 1. The normalized spacial score (nSPS) is 24.1. The first-order chi connectivity index (χ1) is 12.8. The third-order valence-electron chi connectivity index (χ3n) is 4.83. The smallest absolute Gasteiger partial charge is 0.324 e. The Labute approximate surface area is 158 Å². The number of imide groups is 1. The second kappa shape index (κ2) is 8.08. The van der Waals surface area contributed by atoms with Gasteiger partial charge >= 0.3 is 6.03 Å². The van der Waals surface area contributed by atoms with Crippen LogP contribution in [-0.4, -0.2) is 61.3 Å². The molecule has 8 nitrogen and oxygen atoms in total. The van der Waals surface area contributed by atoms with Crippen molar-refractivity contribution in [2.45, 2.75) is 37.8 Å². The van der Waals surface area contributed by atoms with Crippen LogP contribution in [0.15, 0.2) is 30.3 Å². The standard InChI is InChI=1S/C18H23N3O5S/c22-16(19-14-9-11-27(25,26)12-14)7-6-15-17(23)21(18(24)20-15)10-8-13-4-2-1-3-5-13/h1-5,14-15H,6-12H2,(H,19,22)(H,20,24)/t14?,15-/m0/s1. The molecule has 2 fully saturated rings. The van der Waals surface area contributed by atoms with Crippen LogP contribution in [0.3, 0.4) is 0 Å². The van der Waals surface area contributed by atoms with E-state index in [1.165, 1.54) is 4.90 Å². The van der Waals surface area contributed by atoms with E-state index in [2.05, 4.69) is 10.6 Å². The summed E-state index contributed by atoms with van der Waals surface area (Å²) in [5.74, 6) is -0.578. The second-order valence-electron chi connectivity index (χ2n) is 6.93. The van der Waals surface area contributed by atoms with Crippen molar-refractivity contribution in [2.75, 3.05) is 18.1 Å². The van der Waals surface area contributed by atoms with Gasteiger partial charge in [0.2, 0.25) is 5.91 Å². The summed E-state index contributed by atoms with van der Waals surface area (Å²) >= 11 is 0. The molecule has 146 valence electrons. The molecule has 0 spiro atoms. The van der Waals surface area contributed by atoms with Crippen LogP contribution in [-0.2, 0) is 25.8 Å². The highest BCUT2D eigenvalue weighted by Gasteiger charge is 2.37. The Morgan fingerprint density at radius 2 is 1.96 bits per heavy atom. The van der Waals surface area contributed by atoms with Crippen molar-refractivity contribution in [2.24, 2.45) is 0 Å². The van der Waals surface area contributed by atoms with Crippen molar-refractivity contribution in [3.8, 4) is 0 Å². The van der Waals surface area contributed by atoms with Gasteiger partial charge in [-0.25, -0.2) is 13.2 Å². The first-order valence-electron chi connectivity index (χ1n) is 9.00. The minimum atomic E-state index is -3.06. The van der Waals surface area contributed by atoms with Crippen LogP contribution in [0.4, 0.5) is 4.79 Å². The molecule has 0 saturated carbocycles. The van der Waals surface area contributed by atoms with E-state index >= 15 is 0 Å². The van der Waals surface area contributed by atoms with Crippen molar-refractivity contribution in [3.05, 3.63) is 35.9 Å². The van der Waals surface area contributed by atoms with Crippen LogP contribution in [0.1, 0.15) is 24.8 Å². The van der Waals surface area contributed by atoms with E-state index in [9.17, 15) is 22.8 Å². The van der Waals surface area contributed by atoms with Crippen LogP contribution >= 0.6 is 0 Å². The van der Waals surface area contributed by atoms with Crippen molar-refractivity contribution in [1.82, 2.24) is 15.5 Å². The highest BCUT2D eigenvalue weighted by molar-refractivity contribution is 7.91. The topological polar surface area (TPSA) is 113 Å². The van der Waals surface area contributed by atoms with Crippen LogP contribution in [0.25, 0.3) is 0 Å². The van der Waals surface area contributed by atoms with Crippen LogP contribution in [0.5, 0.6) is 0 Å². The fraction of sp³-hybridized carbons (Fsp3) is 0.500. The Kier molecular flexibility index (Phi) is 5.79. The molecule has 2 aliphatic heterocycles. The van der Waals surface area contributed by atoms with Gasteiger partial charge in [-0.1, -0.05) is 30.3 Å². The molecule has 0 radical (unpaired) electrons. The monoisotopic (exact) mass is 393 g/mol. The van der Waals surface area contributed by atoms with Gasteiger partial charge in [0.1, 0.15) is 6.04 Å². The van der Waals surface area contributed by atoms with Crippen molar-refractivity contribution in [1.29, 1.82) is 0 Å². The lowest BCUT2D eigenvalue weighted by atomic mass is 10.1. The molecule has 1 aromatic carbocycles. The molecule has 0 aliphatic carbocycles. The second-order valence-corrected chi connectivity index (χ2v) is 9.16. The van der Waals surface area contributed by atoms with Crippen molar-refractivity contribution < 1.29 is 22.8 Å². The number of carbonyl (C=O) groups is 3. The molecule has 9 heteroatoms. The minimum Gasteiger partial charge on any atom is -0.352 e. The molecule has 2 heterocycles. The zero-order valence-electron chi connectivity index (χ0n) is 14.9. The van der Waals surface area contributed by atoms with Gasteiger partial charge in [0.15, 0.2) is 9.84 Å². The van der Waals surface area contributed by atoms with Gasteiger partial charge in [0, 0.05) is 19.0 Å². The lowest BCUT2D eigenvalue weighted by Crippen LogP contribution is -2.37. The highest BCUT2D eigenvalue weighted by atomic mass is 32.2. The van der Waals surface area contributed by atoms with Gasteiger partial charge in [0.25, 0.3) is 5.91 Å². The number of amides is 4. The van der Waals surface area contributed by atoms with Gasteiger partial charge in [-0.3, -0.25) is 14.5 Å². The molecule has 1 unspecified atom stereocenters. The molecule has 2 N–H and O–H groups in total. The van der Waals surface area contributed by atoms with E-state index in [0.717, 1.165) is 5.56 Å². The Bertz CT molecular complexity index is 825. The number of urea groups is 1. The average molecular weight is 393 g/mol. The van der Waals surface area contributed by atoms with E-state index in [1.807, 2.05) is 30.3 Å². The molecule has 2 aliphatic rings. The SMILES string of the molecule is O=C(CC[C@@H]1NC(=O)N(CCc2ccccc2)C1=O)NC1CCS(=O)(=O)C1. The maximum Gasteiger partial charge on any atom is 0.324 e. The summed E-state index contributed by atoms with van der Waals surface area (Å²) in [6.07, 6.45) is 1.24. The van der Waals surface area contributed by atoms with E-state index in [0.29, 0.717) is 12.8 Å². The van der Waals surface area contributed by atoms with E-state index < -0.39 is 21.9 Å². The third-order valence-corrected chi connectivity index (χ3v) is 6.60. The van der Waals surface area contributed by atoms with Gasteiger partial charge in [-0.2, -0.15) is 0 Å². The predicted molar refractivity (Wildman–Crippen MR) is 98.6 cm³/mol. The van der Waals surface area contributed by atoms with E-state index in [-0.39, 0.29) is 48.7 Å². The highest BCUT2D eigenvalue weighted by Crippen LogP contribution is 2.14. The van der Waals surface area contributed by atoms with E-state index in [4.69, 9.17) is 0 Å². The maximum atomic E-state index is 12.4. The molecule has 27 heavy (non-hydrogen) atoms. The van der Waals surface area contributed by atoms with Crippen LogP contribution in [0, 0.1) is 0 Å². The lowest BCUT2D eigenvalue weighted by molar-refractivity contribution is -0.127. The molecule has 0 bridgehead atoms. The summed E-state index contributed by atoms with van der Waals surface area (Å²) < 4.78 is 22.8. The summed E-state index contributed by atoms with van der Waals surface area (Å²) in [4.78, 5) is 37.6. The first kappa shape index (κ1) is 19.3. The average Bonchev–Trinajstić information content (AvgIpc) is 3.10. The number of hydrogen-bond donors (Lipinski definition) is 2. The zero-order valence-corrected chi connectivity index (χ0v) is 15.7. The van der Waals surface area contributed by atoms with Crippen molar-refractivity contribution in [3.63, 3.8) is 0 Å². The molecule has 4 amide bonds. The number of benzene rings is 1. The van der Waals surface area contributed by atoms with Gasteiger partial charge in [-0.05, 0) is 24.8 Å². The third kappa shape index (κ3) is 5.06. The number of sulfone groups is 1. The summed E-state index contributed by atoms with van der Waals surface area (Å²) in [5, 5.41) is 5.30. The summed E-state index contributed by atoms with van der Waals surface area (Å²) in [6.45, 7) is 0.289. The fourth-order valence-electron chi connectivity index (χ4n) is 3.35. The predicted octanol–water partition coefficient (Wildman–Crippen LogP) is 0.233.